The number of benzene rings is 1. The van der Waals surface area contributed by atoms with Gasteiger partial charge in [-0.3, -0.25) is 0 Å². The third-order valence-corrected chi connectivity index (χ3v) is 6.20. The summed E-state index contributed by atoms with van der Waals surface area (Å²) in [7, 11) is -3.37. The second kappa shape index (κ2) is 6.75. The quantitative estimate of drug-likeness (QED) is 0.849. The zero-order chi connectivity index (χ0) is 16.4. The minimum atomic E-state index is -3.37. The summed E-state index contributed by atoms with van der Waals surface area (Å²) in [5.74, 6) is 0.497. The Labute approximate surface area is 139 Å². The highest BCUT2D eigenvalue weighted by molar-refractivity contribution is 7.92. The van der Waals surface area contributed by atoms with E-state index in [4.69, 9.17) is 4.74 Å². The van der Waals surface area contributed by atoms with Crippen molar-refractivity contribution in [3.05, 3.63) is 46.4 Å². The lowest BCUT2D eigenvalue weighted by molar-refractivity contribution is 0.145. The van der Waals surface area contributed by atoms with E-state index in [0.29, 0.717) is 19.0 Å². The predicted molar refractivity (Wildman–Crippen MR) is 91.7 cm³/mol. The average Bonchev–Trinajstić information content (AvgIpc) is 3.05. The summed E-state index contributed by atoms with van der Waals surface area (Å²) in [5.41, 5.74) is 3.72. The van der Waals surface area contributed by atoms with Gasteiger partial charge in [-0.1, -0.05) is 32.0 Å². The van der Waals surface area contributed by atoms with Crippen LogP contribution in [0.15, 0.2) is 29.7 Å². The van der Waals surface area contributed by atoms with Gasteiger partial charge in [-0.15, -0.1) is 0 Å². The van der Waals surface area contributed by atoms with E-state index in [1.165, 1.54) is 16.5 Å². The number of nitrogens with zero attached hydrogens (tertiary/aromatic N) is 1. The lowest BCUT2D eigenvalue weighted by Crippen LogP contribution is -2.34. The summed E-state index contributed by atoms with van der Waals surface area (Å²) in [5, 5.41) is 1.33. The molecule has 1 fully saturated rings. The maximum Gasteiger partial charge on any atom is 0.236 e. The Morgan fingerprint density at radius 3 is 2.83 bits per heavy atom. The first-order chi connectivity index (χ1) is 11.0. The van der Waals surface area contributed by atoms with Crippen LogP contribution in [0.3, 0.4) is 0 Å². The Balaban J connectivity index is 1.73. The molecule has 1 saturated heterocycles. The number of hydrogen-bond donors (Lipinski definition) is 0. The molecule has 2 aliphatic rings. The van der Waals surface area contributed by atoms with Gasteiger partial charge in [0, 0.05) is 25.1 Å². The molecule has 0 aliphatic carbocycles. The van der Waals surface area contributed by atoms with Crippen molar-refractivity contribution >= 4 is 10.0 Å². The van der Waals surface area contributed by atoms with Crippen LogP contribution in [-0.4, -0.2) is 32.0 Å². The molecule has 0 N–H and O–H groups in total. The first-order valence-electron chi connectivity index (χ1n) is 8.37. The van der Waals surface area contributed by atoms with E-state index in [2.05, 4.69) is 32.0 Å². The Morgan fingerprint density at radius 1 is 1.30 bits per heavy atom. The van der Waals surface area contributed by atoms with Crippen molar-refractivity contribution < 1.29 is 13.2 Å². The van der Waals surface area contributed by atoms with E-state index in [0.717, 1.165) is 31.4 Å². The van der Waals surface area contributed by atoms with E-state index in [1.54, 1.807) is 10.4 Å². The molecule has 1 aromatic rings. The van der Waals surface area contributed by atoms with Gasteiger partial charge < -0.3 is 4.74 Å². The van der Waals surface area contributed by atoms with E-state index < -0.39 is 10.0 Å². The molecular weight excluding hydrogens is 310 g/mol. The molecule has 0 bridgehead atoms. The number of ether oxygens (including phenoxy) is 1. The Kier molecular flexibility index (Phi) is 4.90. The smallest absolute Gasteiger partial charge is 0.236 e. The molecule has 5 heteroatoms. The van der Waals surface area contributed by atoms with Crippen molar-refractivity contribution in [3.63, 3.8) is 0 Å². The fourth-order valence-electron chi connectivity index (χ4n) is 3.15. The van der Waals surface area contributed by atoms with Gasteiger partial charge in [0.1, 0.15) is 0 Å². The third kappa shape index (κ3) is 3.84. The van der Waals surface area contributed by atoms with Gasteiger partial charge in [-0.05, 0) is 47.9 Å². The summed E-state index contributed by atoms with van der Waals surface area (Å²) in [6.45, 7) is 6.09. The van der Waals surface area contributed by atoms with E-state index in [1.807, 2.05) is 0 Å². The Bertz CT molecular complexity index is 688. The topological polar surface area (TPSA) is 46.6 Å². The molecule has 0 amide bonds. The maximum atomic E-state index is 12.5. The number of hydrogen-bond acceptors (Lipinski definition) is 3. The van der Waals surface area contributed by atoms with Crippen molar-refractivity contribution in [1.82, 2.24) is 4.31 Å². The van der Waals surface area contributed by atoms with Crippen LogP contribution in [0.2, 0.25) is 0 Å². The number of fused-ring (bicyclic) bond motifs is 1. The van der Waals surface area contributed by atoms with Gasteiger partial charge in [0.25, 0.3) is 0 Å². The van der Waals surface area contributed by atoms with Crippen molar-refractivity contribution in [2.75, 3.05) is 13.2 Å². The lowest BCUT2D eigenvalue weighted by atomic mass is 9.94. The molecule has 0 radical (unpaired) electrons. The Hall–Kier alpha value is -1.17. The van der Waals surface area contributed by atoms with E-state index in [-0.39, 0.29) is 6.10 Å². The number of rotatable bonds is 4. The van der Waals surface area contributed by atoms with Crippen LogP contribution in [0.4, 0.5) is 0 Å². The predicted octanol–water partition coefficient (Wildman–Crippen LogP) is 3.19. The maximum absolute atomic E-state index is 12.5. The average molecular weight is 335 g/mol. The second-order valence-corrected chi connectivity index (χ2v) is 8.51. The fraction of sp³-hybridized carbons (Fsp3) is 0.556. The molecule has 0 aromatic heterocycles. The molecule has 0 spiro atoms. The SMILES string of the molecule is CC(C)c1ccc2c(c1)CCN(S(=O)(=O)C=C[C@H]1CCCO1)C2. The highest BCUT2D eigenvalue weighted by atomic mass is 32.2. The molecule has 3 rings (SSSR count). The fourth-order valence-corrected chi connectivity index (χ4v) is 4.36. The molecule has 2 heterocycles. The van der Waals surface area contributed by atoms with Crippen LogP contribution < -0.4 is 0 Å². The van der Waals surface area contributed by atoms with Crippen LogP contribution in [0.1, 0.15) is 49.3 Å². The number of sulfonamides is 1. The molecular formula is C18H25NO3S. The first kappa shape index (κ1) is 16.7. The molecule has 126 valence electrons. The van der Waals surface area contributed by atoms with Gasteiger partial charge in [0.2, 0.25) is 10.0 Å². The minimum Gasteiger partial charge on any atom is -0.374 e. The van der Waals surface area contributed by atoms with Crippen LogP contribution in [0.25, 0.3) is 0 Å². The highest BCUT2D eigenvalue weighted by Crippen LogP contribution is 2.26. The van der Waals surface area contributed by atoms with E-state index in [9.17, 15) is 8.42 Å². The highest BCUT2D eigenvalue weighted by Gasteiger charge is 2.25. The van der Waals surface area contributed by atoms with Gasteiger partial charge in [-0.2, -0.15) is 4.31 Å². The van der Waals surface area contributed by atoms with Crippen molar-refractivity contribution in [1.29, 1.82) is 0 Å². The largest absolute Gasteiger partial charge is 0.374 e. The van der Waals surface area contributed by atoms with E-state index >= 15 is 0 Å². The van der Waals surface area contributed by atoms with Crippen molar-refractivity contribution in [2.24, 2.45) is 0 Å². The monoisotopic (exact) mass is 335 g/mol. The molecule has 2 aliphatic heterocycles. The summed E-state index contributed by atoms with van der Waals surface area (Å²) in [6.07, 6.45) is 4.34. The lowest BCUT2D eigenvalue weighted by Gasteiger charge is -2.27. The minimum absolute atomic E-state index is 0.0459. The van der Waals surface area contributed by atoms with Gasteiger partial charge in [-0.25, -0.2) is 8.42 Å². The zero-order valence-electron chi connectivity index (χ0n) is 13.9. The summed E-state index contributed by atoms with van der Waals surface area (Å²) in [4.78, 5) is 0. The molecule has 0 saturated carbocycles. The first-order valence-corrected chi connectivity index (χ1v) is 9.88. The van der Waals surface area contributed by atoms with Crippen LogP contribution in [-0.2, 0) is 27.7 Å². The van der Waals surface area contributed by atoms with Crippen LogP contribution in [0.5, 0.6) is 0 Å². The van der Waals surface area contributed by atoms with Gasteiger partial charge >= 0.3 is 0 Å². The van der Waals surface area contributed by atoms with Crippen LogP contribution in [0, 0.1) is 0 Å². The molecule has 1 atom stereocenters. The second-order valence-electron chi connectivity index (χ2n) is 6.69. The third-order valence-electron chi connectivity index (χ3n) is 4.66. The van der Waals surface area contributed by atoms with Gasteiger partial charge in [0.05, 0.1) is 6.10 Å². The normalized spacial score (nSPS) is 22.8. The molecule has 23 heavy (non-hydrogen) atoms. The molecule has 0 unspecified atom stereocenters. The summed E-state index contributed by atoms with van der Waals surface area (Å²) in [6, 6.07) is 6.42. The Morgan fingerprint density at radius 2 is 2.13 bits per heavy atom. The van der Waals surface area contributed by atoms with Crippen molar-refractivity contribution in [3.8, 4) is 0 Å². The van der Waals surface area contributed by atoms with Gasteiger partial charge in [0.15, 0.2) is 0 Å². The van der Waals surface area contributed by atoms with Crippen LogP contribution >= 0.6 is 0 Å². The standard InChI is InChI=1S/C18H25NO3S/c1-14(2)15-5-6-17-13-19(9-7-16(17)12-15)23(20,21)11-8-18-4-3-10-22-18/h5-6,8,11-12,14,18H,3-4,7,9-10,13H2,1-2H3/t18-/m1/s1. The summed E-state index contributed by atoms with van der Waals surface area (Å²) >= 11 is 0. The zero-order valence-corrected chi connectivity index (χ0v) is 14.7. The summed E-state index contributed by atoms with van der Waals surface area (Å²) < 4.78 is 32.0. The van der Waals surface area contributed by atoms with Crippen molar-refractivity contribution in [2.45, 2.75) is 51.7 Å². The molecule has 4 nitrogen and oxygen atoms in total. The molecule has 1 aromatic carbocycles.